The maximum absolute atomic E-state index is 16.5. The number of para-hydroxylation sites is 2. The normalized spacial score (nSPS) is 13.9. The molecule has 0 unspecified atom stereocenters. The summed E-state index contributed by atoms with van der Waals surface area (Å²) in [7, 11) is 0. The summed E-state index contributed by atoms with van der Waals surface area (Å²) in [5.74, 6) is 0.144. The monoisotopic (exact) mass is 1600 g/mol. The first-order valence-electron chi connectivity index (χ1n) is 48.7. The zero-order valence-electron chi connectivity index (χ0n) is 75.1. The number of anilines is 2. The van der Waals surface area contributed by atoms with Crippen LogP contribution in [0.2, 0.25) is 0 Å². The Kier molecular flexibility index (Phi) is 24.9. The van der Waals surface area contributed by atoms with Crippen LogP contribution >= 0.6 is 0 Å². The molecule has 0 radical (unpaired) electrons. The van der Waals surface area contributed by atoms with E-state index < -0.39 is 0 Å². The van der Waals surface area contributed by atoms with Gasteiger partial charge in [0.2, 0.25) is 0 Å². The second-order valence-corrected chi connectivity index (χ2v) is 39.0. The van der Waals surface area contributed by atoms with E-state index in [0.717, 1.165) is 127 Å². The van der Waals surface area contributed by atoms with E-state index in [-0.39, 0.29) is 47.3 Å². The summed E-state index contributed by atoms with van der Waals surface area (Å²) < 4.78 is 5.46. The van der Waals surface area contributed by atoms with Gasteiger partial charge in [-0.1, -0.05) is 361 Å². The third-order valence-electron chi connectivity index (χ3n) is 29.5. The van der Waals surface area contributed by atoms with Gasteiger partial charge in [-0.25, -0.2) is 9.80 Å². The fraction of sp³-hybridized carbons (Fsp3) is 0.500. The highest BCUT2D eigenvalue weighted by atomic mass is 16.2. The lowest BCUT2D eigenvalue weighted by Crippen LogP contribution is -2.41. The summed E-state index contributed by atoms with van der Waals surface area (Å²) >= 11 is 0. The average molecular weight is 1600 g/mol. The lowest BCUT2D eigenvalue weighted by molar-refractivity contribution is 0.0877. The van der Waals surface area contributed by atoms with E-state index >= 15 is 19.2 Å². The molecule has 120 heavy (non-hydrogen) atoms. The molecule has 0 bridgehead atoms. The molecule has 13 aromatic carbocycles. The first-order chi connectivity index (χ1) is 58.5. The maximum Gasteiger partial charge on any atom is 0.266 e. The number of carbonyl (C=O) groups excluding carboxylic acids is 4. The van der Waals surface area contributed by atoms with Crippen molar-refractivity contribution < 1.29 is 19.2 Å². The van der Waals surface area contributed by atoms with Gasteiger partial charge >= 0.3 is 0 Å². The molecule has 0 aliphatic carbocycles. The van der Waals surface area contributed by atoms with Crippen molar-refractivity contribution in [2.75, 3.05) is 9.80 Å². The first kappa shape index (κ1) is 83.4. The van der Waals surface area contributed by atoms with Gasteiger partial charge in [0.25, 0.3) is 23.6 Å². The standard InChI is InChI=1S/C112H136N4O4/c1-13-17-21-25-29-33-37-41-47-73(48-42-38-34-30-26-22-18-14-2)67-113-91-63-87-88-64-92-104-100-82(58-56-80(96(88)100)79-55-57-81-83-59-61-85-97-89(65-93(113)105(101(83)97)103(91)99(81)95(79)87)111(119)115(109(85)117)107-75(69(5)6)51-45-52-76(107)70(7)8)84-60-62-86-98-90(112(120)116(110(86)118)108-77(71(9)10)53-46-54-78(108)72(11)12)66-94(106(104)102(84)98)114(92)68-74(49-43-39-35-31-27-23-19-15-3)50-44-40-36-32-28-24-20-16-4/h45-46,51-66,69-74H,13-44,47-50,67-68H2,1-12H3. The van der Waals surface area contributed by atoms with Crippen molar-refractivity contribution in [1.29, 1.82) is 0 Å². The Bertz CT molecular complexity index is 5740. The number of nitrogens with zero attached hydrogens (tertiary/aromatic N) is 4. The lowest BCUT2D eigenvalue weighted by atomic mass is 9.80. The maximum atomic E-state index is 16.5. The zero-order chi connectivity index (χ0) is 83.3. The van der Waals surface area contributed by atoms with Crippen LogP contribution in [0.25, 0.3) is 130 Å². The van der Waals surface area contributed by atoms with Gasteiger partial charge in [-0.3, -0.25) is 19.2 Å². The number of imide groups is 2. The molecule has 2 aliphatic heterocycles. The van der Waals surface area contributed by atoms with Gasteiger partial charge in [-0.2, -0.15) is 0 Å². The van der Waals surface area contributed by atoms with Crippen molar-refractivity contribution in [3.8, 4) is 0 Å². The minimum Gasteiger partial charge on any atom is -0.340 e. The van der Waals surface area contributed by atoms with Crippen molar-refractivity contribution in [3.05, 3.63) is 154 Å². The summed E-state index contributed by atoms with van der Waals surface area (Å²) in [4.78, 5) is 68.2. The third kappa shape index (κ3) is 14.6. The van der Waals surface area contributed by atoms with E-state index in [0.29, 0.717) is 34.1 Å². The highest BCUT2D eigenvalue weighted by Crippen LogP contribution is 2.58. The quantitative estimate of drug-likeness (QED) is 0.0165. The van der Waals surface area contributed by atoms with Crippen LogP contribution in [-0.2, 0) is 13.1 Å². The van der Waals surface area contributed by atoms with Crippen LogP contribution in [0, 0.1) is 11.8 Å². The minimum absolute atomic E-state index is 0.0729. The van der Waals surface area contributed by atoms with Crippen LogP contribution in [0.5, 0.6) is 0 Å². The summed E-state index contributed by atoms with van der Waals surface area (Å²) in [6.45, 7) is 28.4. The molecule has 8 nitrogen and oxygen atoms in total. The van der Waals surface area contributed by atoms with E-state index in [9.17, 15) is 0 Å². The van der Waals surface area contributed by atoms with Crippen LogP contribution in [0.3, 0.4) is 0 Å². The van der Waals surface area contributed by atoms with Crippen LogP contribution in [0.1, 0.15) is 402 Å². The Labute approximate surface area is 715 Å². The number of benzene rings is 13. The molecule has 0 fully saturated rings. The number of carbonyl (C=O) groups is 4. The zero-order valence-corrected chi connectivity index (χ0v) is 75.1. The Hall–Kier alpha value is -8.88. The smallest absolute Gasteiger partial charge is 0.266 e. The molecule has 0 N–H and O–H groups in total. The fourth-order valence-electron chi connectivity index (χ4n) is 23.2. The highest BCUT2D eigenvalue weighted by Gasteiger charge is 2.43. The van der Waals surface area contributed by atoms with Gasteiger partial charge in [0, 0.05) is 78.1 Å². The molecular formula is C112H136N4O4. The minimum atomic E-state index is -0.244. The molecule has 4 amide bonds. The first-order valence-corrected chi connectivity index (χ1v) is 48.7. The van der Waals surface area contributed by atoms with Crippen LogP contribution < -0.4 is 9.80 Å². The second-order valence-electron chi connectivity index (χ2n) is 39.0. The molecule has 15 aromatic rings. The van der Waals surface area contributed by atoms with E-state index in [1.54, 1.807) is 9.80 Å². The molecule has 0 spiro atoms. The third-order valence-corrected chi connectivity index (χ3v) is 29.5. The highest BCUT2D eigenvalue weighted by molar-refractivity contribution is 6.53. The van der Waals surface area contributed by atoms with Gasteiger partial charge in [0.05, 0.1) is 44.6 Å². The fourth-order valence-corrected chi connectivity index (χ4v) is 23.2. The topological polar surface area (TPSA) is 84.6 Å². The van der Waals surface area contributed by atoms with Crippen molar-refractivity contribution in [1.82, 2.24) is 9.13 Å². The van der Waals surface area contributed by atoms with Crippen molar-refractivity contribution in [2.45, 2.75) is 351 Å². The van der Waals surface area contributed by atoms with Gasteiger partial charge < -0.3 is 9.13 Å². The number of aromatic nitrogens is 2. The predicted octanol–water partition coefficient (Wildman–Crippen LogP) is 33.8. The molecule has 0 saturated carbocycles. The Morgan fingerprint density at radius 3 is 0.742 bits per heavy atom. The molecule has 0 saturated heterocycles. The molecule has 2 aromatic heterocycles. The van der Waals surface area contributed by atoms with Crippen LogP contribution in [0.4, 0.5) is 11.4 Å². The molecule has 0 atom stereocenters. The van der Waals surface area contributed by atoms with E-state index in [4.69, 9.17) is 0 Å². The number of fused-ring (bicyclic) bond motifs is 4. The van der Waals surface area contributed by atoms with Crippen LogP contribution in [-0.4, -0.2) is 32.8 Å². The Morgan fingerprint density at radius 1 is 0.233 bits per heavy atom. The molecule has 2 aliphatic rings. The van der Waals surface area contributed by atoms with Gasteiger partial charge in [-0.15, -0.1) is 0 Å². The number of unbranched alkanes of at least 4 members (excludes halogenated alkanes) is 28. The lowest BCUT2D eigenvalue weighted by Gasteiger charge is -2.33. The van der Waals surface area contributed by atoms with E-state index in [1.165, 1.54) is 281 Å². The van der Waals surface area contributed by atoms with Crippen LogP contribution in [0.15, 0.2) is 109 Å². The van der Waals surface area contributed by atoms with Crippen molar-refractivity contribution >= 4 is 165 Å². The SMILES string of the molecule is CCCCCCCCCCC(CCCCCCCCCC)Cn1c2cc3c4c(ccc5c6ccc7c8ccc9c%10ccc%11c%12c(cc%13c(c%12%10)c%10c9c8c(cc%10n%13CC(CCCCCCCCCC)CCCCCCCCCC)c8cc1c(c6c78)c2c45)C(=O)N(c1c(C(C)C)cccc1C(C)C)C%11=O)C(=O)N(c1c(C(C)C)cccc1C(C)C)C3=O. The second kappa shape index (κ2) is 35.9. The average Bonchev–Trinajstić information content (AvgIpc) is 1.42. The van der Waals surface area contributed by atoms with E-state index in [1.807, 2.05) is 0 Å². The molecule has 17 rings (SSSR count). The Morgan fingerprint density at radius 2 is 0.467 bits per heavy atom. The largest absolute Gasteiger partial charge is 0.340 e. The molecular weight excluding hydrogens is 1470 g/mol. The van der Waals surface area contributed by atoms with Gasteiger partial charge in [0.1, 0.15) is 0 Å². The number of amides is 4. The van der Waals surface area contributed by atoms with Crippen molar-refractivity contribution in [3.63, 3.8) is 0 Å². The van der Waals surface area contributed by atoms with E-state index in [2.05, 4.69) is 201 Å². The number of rotatable bonds is 46. The summed E-state index contributed by atoms with van der Waals surface area (Å²) in [6.07, 6.45) is 45.7. The van der Waals surface area contributed by atoms with Gasteiger partial charge in [-0.05, 0) is 174 Å². The van der Waals surface area contributed by atoms with Crippen molar-refractivity contribution in [2.24, 2.45) is 11.8 Å². The summed E-state index contributed by atoms with van der Waals surface area (Å²) in [5, 5.41) is 23.0. The molecule has 8 heteroatoms. The predicted molar refractivity (Wildman–Crippen MR) is 516 cm³/mol. The van der Waals surface area contributed by atoms with Gasteiger partial charge in [0.15, 0.2) is 0 Å². The molecule has 628 valence electrons. The Balaban J connectivity index is 0.922. The number of hydrogen-bond donors (Lipinski definition) is 0. The molecule has 4 heterocycles. The summed E-state index contributed by atoms with van der Waals surface area (Å²) in [5.41, 5.74) is 12.6. The summed E-state index contributed by atoms with van der Waals surface area (Å²) in [6, 6.07) is 40.8. The number of hydrogen-bond acceptors (Lipinski definition) is 4.